The molecular weight excluding hydrogens is 396 g/mol. The van der Waals surface area contributed by atoms with E-state index in [-0.39, 0.29) is 12.1 Å². The number of ether oxygens (including phenoxy) is 4. The summed E-state index contributed by atoms with van der Waals surface area (Å²) >= 11 is 0. The van der Waals surface area contributed by atoms with E-state index in [1.54, 1.807) is 50.0 Å². The van der Waals surface area contributed by atoms with Crippen molar-refractivity contribution in [2.24, 2.45) is 11.5 Å². The van der Waals surface area contributed by atoms with E-state index in [4.69, 9.17) is 30.4 Å². The Morgan fingerprint density at radius 2 is 1.07 bits per heavy atom. The molecule has 2 aromatic carbocycles. The van der Waals surface area contributed by atoms with Crippen molar-refractivity contribution in [3.05, 3.63) is 47.5 Å². The summed E-state index contributed by atoms with van der Waals surface area (Å²) in [5.74, 6) is 4.43. The van der Waals surface area contributed by atoms with E-state index in [1.807, 2.05) is 36.4 Å². The van der Waals surface area contributed by atoms with Crippen molar-refractivity contribution >= 4 is 21.6 Å². The zero-order chi connectivity index (χ0) is 20.5. The predicted octanol–water partition coefficient (Wildman–Crippen LogP) is 3.80. The van der Waals surface area contributed by atoms with Gasteiger partial charge in [-0.1, -0.05) is 33.7 Å². The summed E-state index contributed by atoms with van der Waals surface area (Å²) in [6.07, 6.45) is 0. The summed E-state index contributed by atoms with van der Waals surface area (Å²) in [7, 11) is 9.90. The lowest BCUT2D eigenvalue weighted by Gasteiger charge is -2.18. The van der Waals surface area contributed by atoms with Gasteiger partial charge in [0.15, 0.2) is 0 Å². The molecule has 0 fully saturated rings. The van der Waals surface area contributed by atoms with Gasteiger partial charge in [-0.25, -0.2) is 0 Å². The molecule has 6 nitrogen and oxygen atoms in total. The molecule has 0 aliphatic heterocycles. The first-order valence-electron chi connectivity index (χ1n) is 8.73. The molecule has 0 amide bonds. The maximum atomic E-state index is 6.35. The van der Waals surface area contributed by atoms with Crippen LogP contribution in [0.2, 0.25) is 0 Å². The van der Waals surface area contributed by atoms with Crippen LogP contribution in [0.3, 0.4) is 0 Å². The van der Waals surface area contributed by atoms with Crippen molar-refractivity contribution in [3.8, 4) is 23.0 Å². The van der Waals surface area contributed by atoms with Crippen molar-refractivity contribution in [1.82, 2.24) is 0 Å². The van der Waals surface area contributed by atoms with Crippen molar-refractivity contribution in [1.29, 1.82) is 0 Å². The van der Waals surface area contributed by atoms with Gasteiger partial charge in [-0.05, 0) is 12.1 Å². The highest BCUT2D eigenvalue weighted by Gasteiger charge is 2.16. The van der Waals surface area contributed by atoms with Gasteiger partial charge in [0.25, 0.3) is 0 Å². The molecule has 2 atom stereocenters. The van der Waals surface area contributed by atoms with Crippen LogP contribution in [0.1, 0.15) is 23.2 Å². The maximum Gasteiger partial charge on any atom is 0.127 e. The Labute approximate surface area is 174 Å². The molecule has 2 rings (SSSR count). The molecule has 2 aromatic rings. The van der Waals surface area contributed by atoms with Crippen LogP contribution in [0.15, 0.2) is 36.4 Å². The largest absolute Gasteiger partial charge is 0.497 e. The Balaban J connectivity index is 1.88. The summed E-state index contributed by atoms with van der Waals surface area (Å²) in [6.45, 7) is 0. The van der Waals surface area contributed by atoms with Crippen LogP contribution in [-0.4, -0.2) is 39.9 Å². The summed E-state index contributed by atoms with van der Waals surface area (Å²) < 4.78 is 21.3. The first-order chi connectivity index (χ1) is 13.5. The van der Waals surface area contributed by atoms with Gasteiger partial charge < -0.3 is 30.4 Å². The number of methoxy groups -OCH3 is 4. The Hall–Kier alpha value is -1.74. The molecule has 0 saturated carbocycles. The molecule has 0 heterocycles. The van der Waals surface area contributed by atoms with E-state index in [2.05, 4.69) is 0 Å². The number of rotatable bonds is 11. The third-order valence-electron chi connectivity index (χ3n) is 4.26. The molecule has 0 bridgehead atoms. The molecular formula is C20H28N2O4S2. The van der Waals surface area contributed by atoms with Crippen LogP contribution < -0.4 is 30.4 Å². The molecule has 0 radical (unpaired) electrons. The van der Waals surface area contributed by atoms with Crippen LogP contribution in [0.5, 0.6) is 23.0 Å². The molecule has 8 heteroatoms. The zero-order valence-corrected chi connectivity index (χ0v) is 18.3. The van der Waals surface area contributed by atoms with Crippen molar-refractivity contribution in [2.75, 3.05) is 39.9 Å². The van der Waals surface area contributed by atoms with Crippen LogP contribution in [0.4, 0.5) is 0 Å². The second kappa shape index (κ2) is 11.3. The lowest BCUT2D eigenvalue weighted by atomic mass is 10.1. The number of nitrogens with two attached hydrogens (primary N) is 2. The minimum absolute atomic E-state index is 0.148. The minimum Gasteiger partial charge on any atom is -0.497 e. The fourth-order valence-electron chi connectivity index (χ4n) is 2.67. The fraction of sp³-hybridized carbons (Fsp3) is 0.400. The molecule has 0 saturated heterocycles. The van der Waals surface area contributed by atoms with Gasteiger partial charge in [-0.3, -0.25) is 0 Å². The molecule has 0 aliphatic rings. The number of benzene rings is 2. The van der Waals surface area contributed by atoms with E-state index in [0.29, 0.717) is 0 Å². The highest BCUT2D eigenvalue weighted by atomic mass is 33.1. The van der Waals surface area contributed by atoms with Crippen molar-refractivity contribution in [2.45, 2.75) is 12.1 Å². The normalized spacial score (nSPS) is 12.9. The number of hydrogen-bond acceptors (Lipinski definition) is 8. The van der Waals surface area contributed by atoms with Crippen molar-refractivity contribution in [3.63, 3.8) is 0 Å². The lowest BCUT2D eigenvalue weighted by Crippen LogP contribution is -2.15. The first kappa shape index (κ1) is 22.5. The lowest BCUT2D eigenvalue weighted by molar-refractivity contribution is 0.389. The quantitative estimate of drug-likeness (QED) is 0.416. The smallest absolute Gasteiger partial charge is 0.127 e. The zero-order valence-electron chi connectivity index (χ0n) is 16.6. The van der Waals surface area contributed by atoms with Gasteiger partial charge in [0.05, 0.1) is 28.4 Å². The van der Waals surface area contributed by atoms with Gasteiger partial charge in [0.1, 0.15) is 23.0 Å². The van der Waals surface area contributed by atoms with Crippen LogP contribution in [0.25, 0.3) is 0 Å². The molecule has 28 heavy (non-hydrogen) atoms. The molecule has 2 unspecified atom stereocenters. The Bertz CT molecular complexity index is 697. The van der Waals surface area contributed by atoms with E-state index in [1.165, 1.54) is 0 Å². The first-order valence-corrected chi connectivity index (χ1v) is 11.2. The summed E-state index contributed by atoms with van der Waals surface area (Å²) in [4.78, 5) is 0. The summed E-state index contributed by atoms with van der Waals surface area (Å²) in [5, 5.41) is 0. The van der Waals surface area contributed by atoms with E-state index < -0.39 is 0 Å². The van der Waals surface area contributed by atoms with Crippen LogP contribution in [-0.2, 0) is 0 Å². The second-order valence-electron chi connectivity index (χ2n) is 6.00. The van der Waals surface area contributed by atoms with Gasteiger partial charge in [-0.2, -0.15) is 0 Å². The minimum atomic E-state index is -0.148. The summed E-state index contributed by atoms with van der Waals surface area (Å²) in [5.41, 5.74) is 14.6. The topological polar surface area (TPSA) is 89.0 Å². The van der Waals surface area contributed by atoms with Gasteiger partial charge in [0.2, 0.25) is 0 Å². The molecule has 0 spiro atoms. The average molecular weight is 425 g/mol. The highest BCUT2D eigenvalue weighted by molar-refractivity contribution is 8.76. The Morgan fingerprint density at radius 1 is 0.679 bits per heavy atom. The SMILES string of the molecule is COc1ccc(C(N)CSSCC(N)c2ccc(OC)cc2OC)c(OC)c1. The van der Waals surface area contributed by atoms with Crippen LogP contribution in [0, 0.1) is 0 Å². The number of hydrogen-bond donors (Lipinski definition) is 2. The highest BCUT2D eigenvalue weighted by Crippen LogP contribution is 2.35. The van der Waals surface area contributed by atoms with E-state index >= 15 is 0 Å². The van der Waals surface area contributed by atoms with Crippen LogP contribution >= 0.6 is 21.6 Å². The van der Waals surface area contributed by atoms with E-state index in [0.717, 1.165) is 45.6 Å². The monoisotopic (exact) mass is 424 g/mol. The average Bonchev–Trinajstić information content (AvgIpc) is 2.75. The van der Waals surface area contributed by atoms with Gasteiger partial charge in [0, 0.05) is 46.8 Å². The molecule has 154 valence electrons. The third kappa shape index (κ3) is 5.88. The third-order valence-corrected chi connectivity index (χ3v) is 6.73. The van der Waals surface area contributed by atoms with Crippen molar-refractivity contribution < 1.29 is 18.9 Å². The molecule has 0 aromatic heterocycles. The fourth-order valence-corrected chi connectivity index (χ4v) is 4.97. The molecule has 4 N–H and O–H groups in total. The predicted molar refractivity (Wildman–Crippen MR) is 118 cm³/mol. The Morgan fingerprint density at radius 3 is 1.39 bits per heavy atom. The van der Waals surface area contributed by atoms with Gasteiger partial charge >= 0.3 is 0 Å². The maximum absolute atomic E-state index is 6.35. The van der Waals surface area contributed by atoms with Gasteiger partial charge in [-0.15, -0.1) is 0 Å². The Kier molecular flexibility index (Phi) is 9.11. The van der Waals surface area contributed by atoms with E-state index in [9.17, 15) is 0 Å². The standard InChI is InChI=1S/C20H28N2O4S2/c1-23-13-5-7-15(19(9-13)25-3)17(21)11-27-28-12-18(22)16-8-6-14(24-2)10-20(16)26-4/h5-10,17-18H,11-12,21-22H2,1-4H3. The molecule has 0 aliphatic carbocycles. The summed E-state index contributed by atoms with van der Waals surface area (Å²) in [6, 6.07) is 11.1. The second-order valence-corrected chi connectivity index (χ2v) is 8.55.